The molecule has 0 bridgehead atoms. The number of nitrogens with zero attached hydrogens (tertiary/aromatic N) is 1. The van der Waals surface area contributed by atoms with Crippen LogP contribution in [0.5, 0.6) is 0 Å². The van der Waals surface area contributed by atoms with Crippen molar-refractivity contribution in [3.8, 4) is 0 Å². The standard InChI is InChI=1S/C12H11NO3S/c1-2-13-11(17)6-10(14)9(12(13)15)5-8-3-4-16-7-8/h3-5,7H,2,6H2,1H3. The molecular formula is C12H11NO3S. The molecular weight excluding hydrogens is 238 g/mol. The number of ketones is 1. The maximum Gasteiger partial charge on any atom is 0.262 e. The van der Waals surface area contributed by atoms with Gasteiger partial charge in [-0.05, 0) is 19.1 Å². The van der Waals surface area contributed by atoms with Gasteiger partial charge in [-0.2, -0.15) is 0 Å². The number of hydrogen-bond donors (Lipinski definition) is 0. The van der Waals surface area contributed by atoms with Gasteiger partial charge in [0.15, 0.2) is 5.78 Å². The van der Waals surface area contributed by atoms with Crippen molar-refractivity contribution in [2.24, 2.45) is 0 Å². The fourth-order valence-corrected chi connectivity index (χ4v) is 2.04. The summed E-state index contributed by atoms with van der Waals surface area (Å²) in [5.41, 5.74) is 0.868. The van der Waals surface area contributed by atoms with E-state index in [0.29, 0.717) is 17.1 Å². The van der Waals surface area contributed by atoms with Crippen LogP contribution in [0.1, 0.15) is 18.9 Å². The van der Waals surface area contributed by atoms with E-state index in [2.05, 4.69) is 0 Å². The van der Waals surface area contributed by atoms with E-state index in [1.54, 1.807) is 12.1 Å². The number of furan rings is 1. The second-order valence-electron chi connectivity index (χ2n) is 3.66. The summed E-state index contributed by atoms with van der Waals surface area (Å²) in [5.74, 6) is -0.555. The highest BCUT2D eigenvalue weighted by Crippen LogP contribution is 2.19. The number of thiocarbonyl (C=S) groups is 1. The van der Waals surface area contributed by atoms with Gasteiger partial charge in [0.2, 0.25) is 0 Å². The average Bonchev–Trinajstić information content (AvgIpc) is 2.77. The summed E-state index contributed by atoms with van der Waals surface area (Å²) in [6.07, 6.45) is 4.64. The molecule has 0 aromatic carbocycles. The first-order valence-corrected chi connectivity index (χ1v) is 5.66. The Hall–Kier alpha value is -1.75. The number of likely N-dealkylation sites (tertiary alicyclic amines) is 1. The van der Waals surface area contributed by atoms with Crippen LogP contribution in [0.15, 0.2) is 28.6 Å². The minimum atomic E-state index is -0.324. The minimum Gasteiger partial charge on any atom is -0.472 e. The highest BCUT2D eigenvalue weighted by molar-refractivity contribution is 7.80. The highest BCUT2D eigenvalue weighted by Gasteiger charge is 2.32. The maximum absolute atomic E-state index is 12.0. The smallest absolute Gasteiger partial charge is 0.262 e. The van der Waals surface area contributed by atoms with Gasteiger partial charge in [-0.3, -0.25) is 9.59 Å². The van der Waals surface area contributed by atoms with E-state index in [1.165, 1.54) is 17.4 Å². The summed E-state index contributed by atoms with van der Waals surface area (Å²) in [5, 5.41) is 0. The molecule has 1 amide bonds. The second-order valence-corrected chi connectivity index (χ2v) is 4.13. The lowest BCUT2D eigenvalue weighted by Gasteiger charge is -2.26. The third-order valence-electron chi connectivity index (χ3n) is 2.56. The van der Waals surface area contributed by atoms with E-state index >= 15 is 0 Å². The first kappa shape index (κ1) is 11.7. The predicted molar refractivity (Wildman–Crippen MR) is 66.3 cm³/mol. The largest absolute Gasteiger partial charge is 0.472 e. The van der Waals surface area contributed by atoms with Crippen LogP contribution in [0, 0.1) is 0 Å². The first-order chi connectivity index (χ1) is 8.13. The van der Waals surface area contributed by atoms with Crippen molar-refractivity contribution < 1.29 is 14.0 Å². The molecule has 1 saturated heterocycles. The van der Waals surface area contributed by atoms with Crippen LogP contribution in [0.25, 0.3) is 6.08 Å². The molecule has 1 fully saturated rings. The molecule has 0 radical (unpaired) electrons. The van der Waals surface area contributed by atoms with Crippen molar-refractivity contribution >= 4 is 35.0 Å². The van der Waals surface area contributed by atoms with Crippen molar-refractivity contribution in [3.05, 3.63) is 29.7 Å². The molecule has 1 aliphatic heterocycles. The summed E-state index contributed by atoms with van der Waals surface area (Å²) < 4.78 is 4.89. The van der Waals surface area contributed by atoms with E-state index < -0.39 is 0 Å². The number of likely N-dealkylation sites (N-methyl/N-ethyl adjacent to an activating group) is 1. The summed E-state index contributed by atoms with van der Waals surface area (Å²) >= 11 is 5.02. The lowest BCUT2D eigenvalue weighted by Crippen LogP contribution is -2.44. The second kappa shape index (κ2) is 4.63. The SMILES string of the molecule is CCN1C(=O)C(=Cc2ccoc2)C(=O)CC1=S. The number of hydrogen-bond acceptors (Lipinski definition) is 4. The fraction of sp³-hybridized carbons (Fsp3) is 0.250. The third kappa shape index (κ3) is 2.19. The summed E-state index contributed by atoms with van der Waals surface area (Å²) in [4.78, 5) is 25.6. The summed E-state index contributed by atoms with van der Waals surface area (Å²) in [6.45, 7) is 2.31. The van der Waals surface area contributed by atoms with E-state index in [0.717, 1.165) is 0 Å². The molecule has 0 atom stereocenters. The van der Waals surface area contributed by atoms with Crippen LogP contribution in [-0.4, -0.2) is 28.1 Å². The van der Waals surface area contributed by atoms with E-state index in [4.69, 9.17) is 16.6 Å². The number of carbonyl (C=O) groups excluding carboxylic acids is 2. The van der Waals surface area contributed by atoms with Gasteiger partial charge in [0.1, 0.15) is 0 Å². The molecule has 1 aliphatic rings. The Labute approximate surface area is 104 Å². The van der Waals surface area contributed by atoms with Crippen molar-refractivity contribution in [2.75, 3.05) is 6.54 Å². The molecule has 2 heterocycles. The summed E-state index contributed by atoms with van der Waals surface area (Å²) in [6, 6.07) is 1.69. The molecule has 5 heteroatoms. The molecule has 1 aromatic rings. The number of piperidine rings is 1. The van der Waals surface area contributed by atoms with Crippen molar-refractivity contribution in [2.45, 2.75) is 13.3 Å². The minimum absolute atomic E-state index is 0.124. The molecule has 0 spiro atoms. The Kier molecular flexibility index (Phi) is 3.19. The molecule has 4 nitrogen and oxygen atoms in total. The molecule has 1 aromatic heterocycles. The molecule has 88 valence electrons. The Morgan fingerprint density at radius 3 is 2.88 bits per heavy atom. The van der Waals surface area contributed by atoms with Crippen LogP contribution in [0.3, 0.4) is 0 Å². The Morgan fingerprint density at radius 2 is 2.29 bits per heavy atom. The molecule has 0 unspecified atom stereocenters. The van der Waals surface area contributed by atoms with Crippen molar-refractivity contribution in [1.82, 2.24) is 4.90 Å². The van der Waals surface area contributed by atoms with Gasteiger partial charge in [-0.15, -0.1) is 0 Å². The predicted octanol–water partition coefficient (Wildman–Crippen LogP) is 1.81. The van der Waals surface area contributed by atoms with Crippen LogP contribution < -0.4 is 0 Å². The lowest BCUT2D eigenvalue weighted by atomic mass is 10.0. The molecule has 2 rings (SSSR count). The van der Waals surface area contributed by atoms with Crippen molar-refractivity contribution in [3.63, 3.8) is 0 Å². The molecule has 0 saturated carbocycles. The topological polar surface area (TPSA) is 50.5 Å². The average molecular weight is 249 g/mol. The van der Waals surface area contributed by atoms with Crippen LogP contribution >= 0.6 is 12.2 Å². The number of amides is 1. The van der Waals surface area contributed by atoms with Gasteiger partial charge in [0, 0.05) is 12.1 Å². The fourth-order valence-electron chi connectivity index (χ4n) is 1.69. The Balaban J connectivity index is 2.36. The zero-order valence-corrected chi connectivity index (χ0v) is 10.1. The quantitative estimate of drug-likeness (QED) is 0.455. The normalized spacial score (nSPS) is 19.2. The van der Waals surface area contributed by atoms with Gasteiger partial charge in [0.05, 0.1) is 29.5 Å². The van der Waals surface area contributed by atoms with Gasteiger partial charge >= 0.3 is 0 Å². The lowest BCUT2D eigenvalue weighted by molar-refractivity contribution is -0.127. The first-order valence-electron chi connectivity index (χ1n) is 5.25. The summed E-state index contributed by atoms with van der Waals surface area (Å²) in [7, 11) is 0. The van der Waals surface area contributed by atoms with Crippen LogP contribution in [-0.2, 0) is 9.59 Å². The Bertz CT molecular complexity index is 502. The zero-order chi connectivity index (χ0) is 12.4. The number of rotatable bonds is 2. The molecule has 0 aliphatic carbocycles. The van der Waals surface area contributed by atoms with Gasteiger partial charge in [-0.25, -0.2) is 0 Å². The zero-order valence-electron chi connectivity index (χ0n) is 9.30. The molecule has 0 N–H and O–H groups in total. The number of carbonyl (C=O) groups is 2. The molecule has 17 heavy (non-hydrogen) atoms. The monoisotopic (exact) mass is 249 g/mol. The van der Waals surface area contributed by atoms with E-state index in [1.807, 2.05) is 6.92 Å². The van der Waals surface area contributed by atoms with E-state index in [9.17, 15) is 9.59 Å². The van der Waals surface area contributed by atoms with Crippen LogP contribution in [0.4, 0.5) is 0 Å². The number of Topliss-reactive ketones (excluding diaryl/α,β-unsaturated/α-hetero) is 1. The van der Waals surface area contributed by atoms with Crippen LogP contribution in [0.2, 0.25) is 0 Å². The van der Waals surface area contributed by atoms with Crippen molar-refractivity contribution in [1.29, 1.82) is 0 Å². The van der Waals surface area contributed by atoms with E-state index in [-0.39, 0.29) is 23.7 Å². The van der Waals surface area contributed by atoms with Gasteiger partial charge in [-0.1, -0.05) is 12.2 Å². The highest BCUT2D eigenvalue weighted by atomic mass is 32.1. The third-order valence-corrected chi connectivity index (χ3v) is 2.92. The van der Waals surface area contributed by atoms with Gasteiger partial charge < -0.3 is 9.32 Å². The van der Waals surface area contributed by atoms with Gasteiger partial charge in [0.25, 0.3) is 5.91 Å². The maximum atomic E-state index is 12.0. The Morgan fingerprint density at radius 1 is 1.53 bits per heavy atom.